The number of rotatable bonds is 0. The number of nitrogens with two attached hydrogens (primary N) is 1. The first-order chi connectivity index (χ1) is 14.4. The van der Waals surface area contributed by atoms with E-state index in [9.17, 15) is 9.65 Å². The van der Waals surface area contributed by atoms with Gasteiger partial charge in [0.05, 0.1) is 5.69 Å². The van der Waals surface area contributed by atoms with Gasteiger partial charge in [-0.15, -0.1) is 0 Å². The smallest absolute Gasteiger partial charge is 0.166 e. The van der Waals surface area contributed by atoms with Crippen LogP contribution in [-0.2, 0) is 13.5 Å². The zero-order chi connectivity index (χ0) is 21.0. The minimum Gasteiger partial charge on any atom is -0.486 e. The Hall–Kier alpha value is -3.60. The van der Waals surface area contributed by atoms with Gasteiger partial charge in [0.1, 0.15) is 35.0 Å². The van der Waals surface area contributed by atoms with E-state index in [0.717, 1.165) is 18.5 Å². The molecular formula is C22H20FN5O2. The van der Waals surface area contributed by atoms with Gasteiger partial charge in [0.15, 0.2) is 11.6 Å². The number of fused-ring (bicyclic) bond motifs is 5. The number of nitrogens with zero attached hydrogens (tertiary/aromatic N) is 4. The molecule has 7 nitrogen and oxygen atoms in total. The van der Waals surface area contributed by atoms with Crippen molar-refractivity contribution in [2.45, 2.75) is 37.9 Å². The second-order valence-electron chi connectivity index (χ2n) is 7.92. The summed E-state index contributed by atoms with van der Waals surface area (Å²) in [6.07, 6.45) is 3.33. The first-order valence-electron chi connectivity index (χ1n) is 9.76. The quantitative estimate of drug-likeness (QED) is 0.613. The SMILES string of the molecule is C[C@H]1Oc2cc(cnc2N)-c2c(nn(C)c2C#N)CC2(CC2)Oc2ccc(F)cc21. The lowest BCUT2D eigenvalue weighted by Gasteiger charge is -2.24. The zero-order valence-corrected chi connectivity index (χ0v) is 16.6. The van der Waals surface area contributed by atoms with Crippen molar-refractivity contribution in [3.8, 4) is 28.7 Å². The van der Waals surface area contributed by atoms with Gasteiger partial charge in [0, 0.05) is 36.4 Å². The molecule has 8 heteroatoms. The predicted molar refractivity (Wildman–Crippen MR) is 107 cm³/mol. The highest BCUT2D eigenvalue weighted by Gasteiger charge is 2.47. The molecule has 2 aliphatic rings. The van der Waals surface area contributed by atoms with Gasteiger partial charge in [-0.25, -0.2) is 9.37 Å². The van der Waals surface area contributed by atoms with Crippen molar-refractivity contribution in [1.29, 1.82) is 5.26 Å². The number of pyridine rings is 1. The molecule has 1 aliphatic carbocycles. The van der Waals surface area contributed by atoms with Gasteiger partial charge in [-0.3, -0.25) is 4.68 Å². The summed E-state index contributed by atoms with van der Waals surface area (Å²) in [4.78, 5) is 4.27. The van der Waals surface area contributed by atoms with Gasteiger partial charge >= 0.3 is 0 Å². The summed E-state index contributed by atoms with van der Waals surface area (Å²) in [6.45, 7) is 1.81. The fourth-order valence-corrected chi connectivity index (χ4v) is 4.00. The van der Waals surface area contributed by atoms with Crippen molar-refractivity contribution >= 4 is 5.82 Å². The Labute approximate surface area is 172 Å². The number of nitrogen functional groups attached to an aromatic ring is 1. The van der Waals surface area contributed by atoms with Crippen molar-refractivity contribution in [3.05, 3.63) is 53.2 Å². The van der Waals surface area contributed by atoms with Crippen molar-refractivity contribution in [3.63, 3.8) is 0 Å². The molecule has 3 heterocycles. The highest BCUT2D eigenvalue weighted by molar-refractivity contribution is 5.74. The van der Waals surface area contributed by atoms with Crippen LogP contribution in [0.3, 0.4) is 0 Å². The summed E-state index contributed by atoms with van der Waals surface area (Å²) in [5.41, 5.74) is 8.80. The Kier molecular flexibility index (Phi) is 3.97. The van der Waals surface area contributed by atoms with E-state index in [4.69, 9.17) is 15.2 Å². The van der Waals surface area contributed by atoms with Crippen molar-refractivity contribution in [1.82, 2.24) is 14.8 Å². The molecule has 2 bridgehead atoms. The van der Waals surface area contributed by atoms with Gasteiger partial charge in [-0.1, -0.05) is 0 Å². The lowest BCUT2D eigenvalue weighted by molar-refractivity contribution is 0.163. The molecule has 30 heavy (non-hydrogen) atoms. The van der Waals surface area contributed by atoms with E-state index in [1.807, 2.05) is 6.92 Å². The van der Waals surface area contributed by atoms with Gasteiger partial charge in [0.25, 0.3) is 0 Å². The van der Waals surface area contributed by atoms with Gasteiger partial charge in [-0.05, 0) is 44.0 Å². The van der Waals surface area contributed by atoms with Gasteiger partial charge in [-0.2, -0.15) is 10.4 Å². The Balaban J connectivity index is 1.74. The maximum absolute atomic E-state index is 14.0. The molecule has 1 saturated carbocycles. The van der Waals surface area contributed by atoms with E-state index < -0.39 is 11.7 Å². The van der Waals surface area contributed by atoms with Crippen molar-refractivity contribution in [2.75, 3.05) is 5.73 Å². The molecule has 1 fully saturated rings. The van der Waals surface area contributed by atoms with E-state index in [1.54, 1.807) is 30.1 Å². The molecule has 1 aromatic carbocycles. The topological polar surface area (TPSA) is 99.0 Å². The van der Waals surface area contributed by atoms with Gasteiger partial charge < -0.3 is 15.2 Å². The van der Waals surface area contributed by atoms with E-state index in [1.165, 1.54) is 12.1 Å². The zero-order valence-electron chi connectivity index (χ0n) is 16.6. The van der Waals surface area contributed by atoms with E-state index >= 15 is 0 Å². The number of aromatic nitrogens is 3. The normalized spacial score (nSPS) is 18.7. The largest absolute Gasteiger partial charge is 0.486 e. The first-order valence-corrected chi connectivity index (χ1v) is 9.76. The number of hydrogen-bond donors (Lipinski definition) is 1. The third-order valence-electron chi connectivity index (χ3n) is 5.73. The number of nitriles is 1. The average molecular weight is 405 g/mol. The maximum Gasteiger partial charge on any atom is 0.166 e. The fourth-order valence-electron chi connectivity index (χ4n) is 4.00. The molecule has 2 aromatic heterocycles. The van der Waals surface area contributed by atoms with Crippen LogP contribution in [-0.4, -0.2) is 20.4 Å². The molecule has 3 aromatic rings. The minimum absolute atomic E-state index is 0.212. The molecule has 1 spiro atoms. The second-order valence-corrected chi connectivity index (χ2v) is 7.92. The Morgan fingerprint density at radius 1 is 1.30 bits per heavy atom. The van der Waals surface area contributed by atoms with Crippen LogP contribution in [0.4, 0.5) is 10.2 Å². The van der Waals surface area contributed by atoms with E-state index in [0.29, 0.717) is 40.3 Å². The monoisotopic (exact) mass is 405 g/mol. The van der Waals surface area contributed by atoms with E-state index in [2.05, 4.69) is 16.2 Å². The van der Waals surface area contributed by atoms with Crippen molar-refractivity contribution in [2.24, 2.45) is 7.05 Å². The number of aryl methyl sites for hydroxylation is 1. The molecule has 0 radical (unpaired) electrons. The fraction of sp³-hybridized carbons (Fsp3) is 0.318. The Bertz CT molecular complexity index is 1210. The van der Waals surface area contributed by atoms with Crippen LogP contribution in [0.2, 0.25) is 0 Å². The molecule has 2 N–H and O–H groups in total. The Morgan fingerprint density at radius 3 is 2.83 bits per heavy atom. The molecule has 0 saturated heterocycles. The average Bonchev–Trinajstić information content (AvgIpc) is 3.39. The maximum atomic E-state index is 14.0. The molecule has 0 amide bonds. The lowest BCUT2D eigenvalue weighted by atomic mass is 10.00. The number of benzene rings is 1. The number of halogens is 1. The van der Waals surface area contributed by atoms with Gasteiger partial charge in [0.2, 0.25) is 0 Å². The summed E-state index contributed by atoms with van der Waals surface area (Å²) in [5, 5.41) is 14.3. The van der Waals surface area contributed by atoms with Crippen LogP contribution >= 0.6 is 0 Å². The van der Waals surface area contributed by atoms with Crippen LogP contribution in [0.15, 0.2) is 30.5 Å². The summed E-state index contributed by atoms with van der Waals surface area (Å²) < 4.78 is 28.1. The number of hydrogen-bond acceptors (Lipinski definition) is 6. The van der Waals surface area contributed by atoms with E-state index in [-0.39, 0.29) is 11.6 Å². The highest BCUT2D eigenvalue weighted by atomic mass is 19.1. The summed E-state index contributed by atoms with van der Waals surface area (Å²) in [7, 11) is 1.74. The molecule has 0 unspecified atom stereocenters. The van der Waals surface area contributed by atoms with Crippen LogP contribution in [0.25, 0.3) is 11.1 Å². The molecule has 1 aliphatic heterocycles. The van der Waals surface area contributed by atoms with Crippen LogP contribution in [0.5, 0.6) is 11.5 Å². The lowest BCUT2D eigenvalue weighted by Crippen LogP contribution is -2.23. The third kappa shape index (κ3) is 2.94. The minimum atomic E-state index is -0.519. The second kappa shape index (κ2) is 6.46. The molecule has 5 rings (SSSR count). The molecular weight excluding hydrogens is 385 g/mol. The standard InChI is InChI=1S/C22H20FN5O2/c1-12-15-8-14(23)3-4-18(15)30-22(5-6-22)9-16-20(17(10-24)28(2)27-16)13-7-19(29-12)21(25)26-11-13/h3-4,7-8,11-12H,5-6,9H2,1-2H3,(H2,25,26)/t12-/m1/s1. The summed E-state index contributed by atoms with van der Waals surface area (Å²) >= 11 is 0. The van der Waals surface area contributed by atoms with Crippen molar-refractivity contribution < 1.29 is 13.9 Å². The first kappa shape index (κ1) is 18.4. The molecule has 1 atom stereocenters. The number of ether oxygens (including phenoxy) is 2. The number of anilines is 1. The third-order valence-corrected chi connectivity index (χ3v) is 5.73. The molecule has 152 valence electrons. The van der Waals surface area contributed by atoms with Crippen LogP contribution in [0.1, 0.15) is 42.8 Å². The summed E-state index contributed by atoms with van der Waals surface area (Å²) in [6, 6.07) is 8.44. The Morgan fingerprint density at radius 2 is 2.10 bits per heavy atom. The predicted octanol–water partition coefficient (Wildman–Crippen LogP) is 3.68. The van der Waals surface area contributed by atoms with Crippen LogP contribution in [0, 0.1) is 17.1 Å². The van der Waals surface area contributed by atoms with Crippen LogP contribution < -0.4 is 15.2 Å². The highest BCUT2D eigenvalue weighted by Crippen LogP contribution is 2.47. The summed E-state index contributed by atoms with van der Waals surface area (Å²) in [5.74, 6) is 0.776.